The molecule has 4 heteroatoms. The van der Waals surface area contributed by atoms with Crippen molar-refractivity contribution in [2.45, 2.75) is 44.6 Å². The molecular weight excluding hydrogens is 204 g/mol. The number of ether oxygens (including phenoxy) is 1. The highest BCUT2D eigenvalue weighted by Gasteiger charge is 2.29. The van der Waals surface area contributed by atoms with Crippen LogP contribution in [0.25, 0.3) is 0 Å². The van der Waals surface area contributed by atoms with E-state index in [9.17, 15) is 4.79 Å². The Morgan fingerprint density at radius 2 is 1.88 bits per heavy atom. The third kappa shape index (κ3) is 2.67. The van der Waals surface area contributed by atoms with Gasteiger partial charge in [-0.15, -0.1) is 0 Å². The molecule has 1 aliphatic heterocycles. The van der Waals surface area contributed by atoms with Crippen LogP contribution in [-0.4, -0.2) is 36.7 Å². The Labute approximate surface area is 97.1 Å². The summed E-state index contributed by atoms with van der Waals surface area (Å²) in [7, 11) is 0. The van der Waals surface area contributed by atoms with Gasteiger partial charge in [0.1, 0.15) is 6.10 Å². The summed E-state index contributed by atoms with van der Waals surface area (Å²) in [5.41, 5.74) is 5.72. The Morgan fingerprint density at radius 3 is 2.56 bits per heavy atom. The molecule has 16 heavy (non-hydrogen) atoms. The fourth-order valence-electron chi connectivity index (χ4n) is 2.70. The van der Waals surface area contributed by atoms with Gasteiger partial charge >= 0.3 is 6.09 Å². The Morgan fingerprint density at radius 1 is 1.19 bits per heavy atom. The van der Waals surface area contributed by atoms with Crippen molar-refractivity contribution in [2.24, 2.45) is 11.7 Å². The van der Waals surface area contributed by atoms with E-state index in [4.69, 9.17) is 10.5 Å². The minimum atomic E-state index is -0.122. The molecular formula is C12H22N2O2. The predicted molar refractivity (Wildman–Crippen MR) is 62.1 cm³/mol. The highest BCUT2D eigenvalue weighted by Crippen LogP contribution is 2.27. The van der Waals surface area contributed by atoms with Gasteiger partial charge in [-0.05, 0) is 38.6 Å². The summed E-state index contributed by atoms with van der Waals surface area (Å²) < 4.78 is 5.59. The summed E-state index contributed by atoms with van der Waals surface area (Å²) in [6.45, 7) is 2.36. The fraction of sp³-hybridized carbons (Fsp3) is 0.917. The summed E-state index contributed by atoms with van der Waals surface area (Å²) in [4.78, 5) is 13.7. The standard InChI is InChI=1S/C12H22N2O2/c13-9-10-5-1-2-6-11(10)16-12(15)14-7-3-4-8-14/h10-11H,1-9,13H2. The second-order valence-electron chi connectivity index (χ2n) is 4.90. The van der Waals surface area contributed by atoms with Crippen molar-refractivity contribution >= 4 is 6.09 Å². The number of nitrogens with two attached hydrogens (primary N) is 1. The molecule has 0 aromatic heterocycles. The topological polar surface area (TPSA) is 55.6 Å². The van der Waals surface area contributed by atoms with E-state index < -0.39 is 0 Å². The third-order valence-electron chi connectivity index (χ3n) is 3.76. The SMILES string of the molecule is NCC1CCCCC1OC(=O)N1CCCC1. The molecule has 2 fully saturated rings. The summed E-state index contributed by atoms with van der Waals surface area (Å²) >= 11 is 0. The summed E-state index contributed by atoms with van der Waals surface area (Å²) in [5, 5.41) is 0. The predicted octanol–water partition coefficient (Wildman–Crippen LogP) is 1.74. The zero-order valence-corrected chi connectivity index (χ0v) is 9.86. The number of amides is 1. The van der Waals surface area contributed by atoms with E-state index in [0.717, 1.165) is 45.2 Å². The first kappa shape index (κ1) is 11.7. The van der Waals surface area contributed by atoms with Crippen LogP contribution in [0, 0.1) is 5.92 Å². The third-order valence-corrected chi connectivity index (χ3v) is 3.76. The lowest BCUT2D eigenvalue weighted by Gasteiger charge is -2.31. The maximum absolute atomic E-state index is 11.8. The molecule has 0 radical (unpaired) electrons. The van der Waals surface area contributed by atoms with Gasteiger partial charge in [-0.25, -0.2) is 4.79 Å². The molecule has 1 saturated heterocycles. The smallest absolute Gasteiger partial charge is 0.410 e. The zero-order valence-electron chi connectivity index (χ0n) is 9.86. The first-order valence-electron chi connectivity index (χ1n) is 6.47. The van der Waals surface area contributed by atoms with Crippen LogP contribution in [0.4, 0.5) is 4.79 Å². The Kier molecular flexibility index (Phi) is 4.04. The van der Waals surface area contributed by atoms with Crippen LogP contribution in [0.5, 0.6) is 0 Å². The lowest BCUT2D eigenvalue weighted by Crippen LogP contribution is -2.39. The second kappa shape index (κ2) is 5.53. The quantitative estimate of drug-likeness (QED) is 0.780. The molecule has 0 aromatic carbocycles. The van der Waals surface area contributed by atoms with Crippen molar-refractivity contribution in [1.29, 1.82) is 0 Å². The van der Waals surface area contributed by atoms with E-state index in [-0.39, 0.29) is 12.2 Å². The molecule has 0 spiro atoms. The van der Waals surface area contributed by atoms with Gasteiger partial charge in [0.05, 0.1) is 0 Å². The van der Waals surface area contributed by atoms with Gasteiger partial charge in [0.25, 0.3) is 0 Å². The molecule has 2 atom stereocenters. The maximum Gasteiger partial charge on any atom is 0.410 e. The highest BCUT2D eigenvalue weighted by atomic mass is 16.6. The molecule has 1 aliphatic carbocycles. The maximum atomic E-state index is 11.8. The van der Waals surface area contributed by atoms with Crippen molar-refractivity contribution in [3.05, 3.63) is 0 Å². The van der Waals surface area contributed by atoms with Crippen LogP contribution in [-0.2, 0) is 4.74 Å². The average Bonchev–Trinajstić information content (AvgIpc) is 2.83. The lowest BCUT2D eigenvalue weighted by atomic mass is 9.86. The van der Waals surface area contributed by atoms with Gasteiger partial charge < -0.3 is 15.4 Å². The van der Waals surface area contributed by atoms with Gasteiger partial charge in [0, 0.05) is 19.0 Å². The van der Waals surface area contributed by atoms with E-state index in [1.807, 2.05) is 4.90 Å². The summed E-state index contributed by atoms with van der Waals surface area (Å²) in [6, 6.07) is 0. The molecule has 0 bridgehead atoms. The molecule has 1 saturated carbocycles. The number of rotatable bonds is 2. The first-order valence-corrected chi connectivity index (χ1v) is 6.47. The average molecular weight is 226 g/mol. The molecule has 4 nitrogen and oxygen atoms in total. The normalized spacial score (nSPS) is 30.4. The number of likely N-dealkylation sites (tertiary alicyclic amines) is 1. The van der Waals surface area contributed by atoms with Crippen LogP contribution in [0.15, 0.2) is 0 Å². The van der Waals surface area contributed by atoms with Crippen LogP contribution in [0.2, 0.25) is 0 Å². The molecule has 2 aliphatic rings. The van der Waals surface area contributed by atoms with Crippen molar-refractivity contribution in [3.8, 4) is 0 Å². The molecule has 2 unspecified atom stereocenters. The number of hydrogen-bond donors (Lipinski definition) is 1. The molecule has 2 N–H and O–H groups in total. The molecule has 1 amide bonds. The van der Waals surface area contributed by atoms with E-state index >= 15 is 0 Å². The van der Waals surface area contributed by atoms with Crippen molar-refractivity contribution in [2.75, 3.05) is 19.6 Å². The summed E-state index contributed by atoms with van der Waals surface area (Å²) in [6.07, 6.45) is 6.64. The number of carbonyl (C=O) groups is 1. The van der Waals surface area contributed by atoms with Gasteiger partial charge in [0.2, 0.25) is 0 Å². The molecule has 0 aromatic rings. The zero-order chi connectivity index (χ0) is 11.4. The fourth-order valence-corrected chi connectivity index (χ4v) is 2.70. The van der Waals surface area contributed by atoms with Crippen LogP contribution >= 0.6 is 0 Å². The van der Waals surface area contributed by atoms with E-state index in [2.05, 4.69) is 0 Å². The molecule has 92 valence electrons. The van der Waals surface area contributed by atoms with Crippen molar-refractivity contribution < 1.29 is 9.53 Å². The van der Waals surface area contributed by atoms with Crippen molar-refractivity contribution in [3.63, 3.8) is 0 Å². The van der Waals surface area contributed by atoms with Crippen LogP contribution < -0.4 is 5.73 Å². The molecule has 2 rings (SSSR count). The number of nitrogens with zero attached hydrogens (tertiary/aromatic N) is 1. The highest BCUT2D eigenvalue weighted by molar-refractivity contribution is 5.68. The van der Waals surface area contributed by atoms with Crippen LogP contribution in [0.3, 0.4) is 0 Å². The van der Waals surface area contributed by atoms with Crippen LogP contribution in [0.1, 0.15) is 38.5 Å². The minimum Gasteiger partial charge on any atom is -0.446 e. The minimum absolute atomic E-state index is 0.0619. The first-order chi connectivity index (χ1) is 7.81. The number of carbonyl (C=O) groups excluding carboxylic acids is 1. The Bertz CT molecular complexity index is 239. The van der Waals surface area contributed by atoms with Gasteiger partial charge in [-0.3, -0.25) is 0 Å². The van der Waals surface area contributed by atoms with E-state index in [0.29, 0.717) is 12.5 Å². The second-order valence-corrected chi connectivity index (χ2v) is 4.90. The lowest BCUT2D eigenvalue weighted by molar-refractivity contribution is 0.0214. The van der Waals surface area contributed by atoms with Gasteiger partial charge in [-0.1, -0.05) is 6.42 Å². The van der Waals surface area contributed by atoms with Gasteiger partial charge in [-0.2, -0.15) is 0 Å². The largest absolute Gasteiger partial charge is 0.446 e. The van der Waals surface area contributed by atoms with Gasteiger partial charge in [0.15, 0.2) is 0 Å². The Hall–Kier alpha value is -0.770. The van der Waals surface area contributed by atoms with E-state index in [1.165, 1.54) is 6.42 Å². The summed E-state index contributed by atoms with van der Waals surface area (Å²) in [5.74, 6) is 0.375. The van der Waals surface area contributed by atoms with Crippen molar-refractivity contribution in [1.82, 2.24) is 4.90 Å². The van der Waals surface area contributed by atoms with E-state index in [1.54, 1.807) is 0 Å². The Balaban J connectivity index is 1.84. The molecule has 1 heterocycles. The monoisotopic (exact) mass is 226 g/mol. The number of hydrogen-bond acceptors (Lipinski definition) is 3.